The molecule has 0 radical (unpaired) electrons. The zero-order valence-electron chi connectivity index (χ0n) is 16.8. The molecule has 30 heavy (non-hydrogen) atoms. The molecule has 0 aromatic heterocycles. The van der Waals surface area contributed by atoms with Crippen molar-refractivity contribution in [2.45, 2.75) is 32.9 Å². The van der Waals surface area contributed by atoms with Gasteiger partial charge in [-0.1, -0.05) is 49.2 Å². The van der Waals surface area contributed by atoms with Crippen LogP contribution in [-0.2, 0) is 20.9 Å². The zero-order chi connectivity index (χ0) is 22.1. The maximum Gasteiger partial charge on any atom is 0.329 e. The SMILES string of the molecule is CC(C)C[C@@H](NC(=O)c1ccc(Cl)cc1)C(=O)OCC(=O)NCc1ccc(Cl)cc1. The fraction of sp³-hybridized carbons (Fsp3) is 0.318. The van der Waals surface area contributed by atoms with Crippen molar-refractivity contribution in [3.63, 3.8) is 0 Å². The Morgan fingerprint density at radius 3 is 2.07 bits per heavy atom. The highest BCUT2D eigenvalue weighted by atomic mass is 35.5. The molecule has 0 fully saturated rings. The summed E-state index contributed by atoms with van der Waals surface area (Å²) in [7, 11) is 0. The molecule has 2 aromatic carbocycles. The molecule has 0 aliphatic carbocycles. The molecule has 0 heterocycles. The van der Waals surface area contributed by atoms with Crippen LogP contribution in [0.15, 0.2) is 48.5 Å². The van der Waals surface area contributed by atoms with E-state index in [2.05, 4.69) is 10.6 Å². The van der Waals surface area contributed by atoms with Crippen molar-refractivity contribution in [3.8, 4) is 0 Å². The molecule has 0 unspecified atom stereocenters. The summed E-state index contributed by atoms with van der Waals surface area (Å²) in [6.07, 6.45) is 0.380. The van der Waals surface area contributed by atoms with Crippen LogP contribution in [0.4, 0.5) is 0 Å². The Hall–Kier alpha value is -2.57. The highest BCUT2D eigenvalue weighted by Gasteiger charge is 2.24. The summed E-state index contributed by atoms with van der Waals surface area (Å²) in [5.74, 6) is -1.38. The quantitative estimate of drug-likeness (QED) is 0.565. The van der Waals surface area contributed by atoms with Crippen molar-refractivity contribution >= 4 is 41.0 Å². The van der Waals surface area contributed by atoms with Crippen LogP contribution < -0.4 is 10.6 Å². The zero-order valence-corrected chi connectivity index (χ0v) is 18.3. The molecule has 0 aliphatic heterocycles. The van der Waals surface area contributed by atoms with Gasteiger partial charge < -0.3 is 15.4 Å². The number of nitrogens with one attached hydrogen (secondary N) is 2. The van der Waals surface area contributed by atoms with Gasteiger partial charge in [-0.15, -0.1) is 0 Å². The standard InChI is InChI=1S/C22H24Cl2N2O4/c1-14(2)11-19(26-21(28)16-5-9-18(24)10-6-16)22(29)30-13-20(27)25-12-15-3-7-17(23)8-4-15/h3-10,14,19H,11-13H2,1-2H3,(H,25,27)(H,26,28)/t19-/m1/s1. The lowest BCUT2D eigenvalue weighted by atomic mass is 10.0. The van der Waals surface area contributed by atoms with E-state index in [4.69, 9.17) is 27.9 Å². The van der Waals surface area contributed by atoms with Crippen LogP contribution in [0.25, 0.3) is 0 Å². The maximum atomic E-state index is 12.5. The highest BCUT2D eigenvalue weighted by molar-refractivity contribution is 6.30. The summed E-state index contributed by atoms with van der Waals surface area (Å²) < 4.78 is 5.12. The lowest BCUT2D eigenvalue weighted by molar-refractivity contribution is -0.150. The Bertz CT molecular complexity index is 868. The van der Waals surface area contributed by atoms with Crippen molar-refractivity contribution < 1.29 is 19.1 Å². The normalized spacial score (nSPS) is 11.6. The number of halogens is 2. The predicted molar refractivity (Wildman–Crippen MR) is 116 cm³/mol. The number of benzene rings is 2. The van der Waals surface area contributed by atoms with E-state index in [1.54, 1.807) is 48.5 Å². The fourth-order valence-corrected chi connectivity index (χ4v) is 2.87. The molecule has 2 rings (SSSR count). The minimum absolute atomic E-state index is 0.131. The van der Waals surface area contributed by atoms with Gasteiger partial charge in [0.05, 0.1) is 0 Å². The lowest BCUT2D eigenvalue weighted by Gasteiger charge is -2.19. The number of esters is 1. The molecule has 1 atom stereocenters. The minimum atomic E-state index is -0.864. The van der Waals surface area contributed by atoms with Gasteiger partial charge in [0, 0.05) is 22.2 Å². The van der Waals surface area contributed by atoms with E-state index in [0.29, 0.717) is 22.0 Å². The minimum Gasteiger partial charge on any atom is -0.454 e. The van der Waals surface area contributed by atoms with Gasteiger partial charge in [0.25, 0.3) is 11.8 Å². The molecular formula is C22H24Cl2N2O4. The second-order valence-corrected chi connectivity index (χ2v) is 8.05. The van der Waals surface area contributed by atoms with Crippen molar-refractivity contribution in [3.05, 3.63) is 69.7 Å². The third-order valence-corrected chi connectivity index (χ3v) is 4.66. The van der Waals surface area contributed by atoms with Crippen LogP contribution in [0.3, 0.4) is 0 Å². The summed E-state index contributed by atoms with van der Waals surface area (Å²) in [6.45, 7) is 3.70. The van der Waals surface area contributed by atoms with Crippen LogP contribution >= 0.6 is 23.2 Å². The van der Waals surface area contributed by atoms with Crippen molar-refractivity contribution in [2.24, 2.45) is 5.92 Å². The molecule has 2 aromatic rings. The molecule has 2 N–H and O–H groups in total. The van der Waals surface area contributed by atoms with Gasteiger partial charge in [0.15, 0.2) is 6.61 Å². The monoisotopic (exact) mass is 450 g/mol. The topological polar surface area (TPSA) is 84.5 Å². The first-order valence-electron chi connectivity index (χ1n) is 9.49. The number of hydrogen-bond acceptors (Lipinski definition) is 4. The summed E-state index contributed by atoms with van der Waals surface area (Å²) in [6, 6.07) is 12.5. The molecule has 160 valence electrons. The van der Waals surface area contributed by atoms with E-state index in [1.807, 2.05) is 13.8 Å². The van der Waals surface area contributed by atoms with Crippen molar-refractivity contribution in [1.82, 2.24) is 10.6 Å². The van der Waals surface area contributed by atoms with E-state index in [-0.39, 0.29) is 12.5 Å². The number of rotatable bonds is 9. The van der Waals surface area contributed by atoms with Crippen LogP contribution in [0.5, 0.6) is 0 Å². The molecule has 0 spiro atoms. The number of carbonyl (C=O) groups excluding carboxylic acids is 3. The van der Waals surface area contributed by atoms with Crippen LogP contribution in [-0.4, -0.2) is 30.4 Å². The lowest BCUT2D eigenvalue weighted by Crippen LogP contribution is -2.43. The largest absolute Gasteiger partial charge is 0.454 e. The molecule has 0 aliphatic rings. The second kappa shape index (κ2) is 11.6. The highest BCUT2D eigenvalue weighted by Crippen LogP contribution is 2.12. The van der Waals surface area contributed by atoms with Gasteiger partial charge in [-0.3, -0.25) is 9.59 Å². The Morgan fingerprint density at radius 1 is 0.933 bits per heavy atom. The van der Waals surface area contributed by atoms with Crippen molar-refractivity contribution in [1.29, 1.82) is 0 Å². The van der Waals surface area contributed by atoms with Gasteiger partial charge in [-0.25, -0.2) is 4.79 Å². The van der Waals surface area contributed by atoms with Crippen LogP contribution in [0, 0.1) is 5.92 Å². The van der Waals surface area contributed by atoms with E-state index in [9.17, 15) is 14.4 Å². The predicted octanol–water partition coefficient (Wildman–Crippen LogP) is 4.00. The van der Waals surface area contributed by atoms with Gasteiger partial charge >= 0.3 is 5.97 Å². The van der Waals surface area contributed by atoms with Crippen molar-refractivity contribution in [2.75, 3.05) is 6.61 Å². The first kappa shape index (κ1) is 23.7. The van der Waals surface area contributed by atoms with E-state index in [0.717, 1.165) is 5.56 Å². The number of hydrogen-bond donors (Lipinski definition) is 2. The average Bonchev–Trinajstić information content (AvgIpc) is 2.71. The molecule has 2 amide bonds. The van der Waals surface area contributed by atoms with Crippen LogP contribution in [0.1, 0.15) is 36.2 Å². The molecule has 0 saturated heterocycles. The molecule has 8 heteroatoms. The summed E-state index contributed by atoms with van der Waals surface area (Å²) in [5.41, 5.74) is 1.24. The van der Waals surface area contributed by atoms with Gasteiger partial charge in [-0.05, 0) is 54.3 Å². The Morgan fingerprint density at radius 2 is 1.50 bits per heavy atom. The third kappa shape index (κ3) is 8.05. The van der Waals surface area contributed by atoms with E-state index >= 15 is 0 Å². The van der Waals surface area contributed by atoms with Gasteiger partial charge in [-0.2, -0.15) is 0 Å². The molecule has 6 nitrogen and oxygen atoms in total. The Kier molecular flexibility index (Phi) is 9.15. The first-order chi connectivity index (χ1) is 14.2. The average molecular weight is 451 g/mol. The van der Waals surface area contributed by atoms with Crippen LogP contribution in [0.2, 0.25) is 10.0 Å². The summed E-state index contributed by atoms with van der Waals surface area (Å²) >= 11 is 11.7. The smallest absolute Gasteiger partial charge is 0.329 e. The summed E-state index contributed by atoms with van der Waals surface area (Å²) in [5, 5.41) is 6.45. The Balaban J connectivity index is 1.87. The number of amides is 2. The number of carbonyl (C=O) groups is 3. The first-order valence-corrected chi connectivity index (χ1v) is 10.2. The second-order valence-electron chi connectivity index (χ2n) is 7.17. The number of ether oxygens (including phenoxy) is 1. The Labute approximate surface area is 185 Å². The van der Waals surface area contributed by atoms with E-state index < -0.39 is 30.4 Å². The van der Waals surface area contributed by atoms with E-state index in [1.165, 1.54) is 0 Å². The van der Waals surface area contributed by atoms with Gasteiger partial charge in [0.1, 0.15) is 6.04 Å². The molecule has 0 bridgehead atoms. The maximum absolute atomic E-state index is 12.5. The molecular weight excluding hydrogens is 427 g/mol. The van der Waals surface area contributed by atoms with Gasteiger partial charge in [0.2, 0.25) is 0 Å². The fourth-order valence-electron chi connectivity index (χ4n) is 2.62. The summed E-state index contributed by atoms with van der Waals surface area (Å²) in [4.78, 5) is 36.9. The third-order valence-electron chi connectivity index (χ3n) is 4.15. The molecule has 0 saturated carbocycles.